The maximum Gasteiger partial charge on any atom is 0.408 e. The Balaban J connectivity index is 1.72. The van der Waals surface area contributed by atoms with Gasteiger partial charge in [-0.1, -0.05) is 42.5 Å². The molecule has 1 atom stereocenters. The normalized spacial score (nSPS) is 11.4. The fourth-order valence-corrected chi connectivity index (χ4v) is 2.47. The van der Waals surface area contributed by atoms with Gasteiger partial charge in [0.25, 0.3) is 0 Å². The van der Waals surface area contributed by atoms with Crippen molar-refractivity contribution in [3.05, 3.63) is 65.7 Å². The summed E-state index contributed by atoms with van der Waals surface area (Å²) in [5, 5.41) is 14.5. The number of ether oxygens (including phenoxy) is 1. The summed E-state index contributed by atoms with van der Waals surface area (Å²) in [6, 6.07) is 15.3. The first kappa shape index (κ1) is 19.7. The number of rotatable bonds is 8. The van der Waals surface area contributed by atoms with Crippen LogP contribution < -0.4 is 10.6 Å². The summed E-state index contributed by atoms with van der Waals surface area (Å²) in [6.45, 7) is 0.545. The molecule has 0 aliphatic carbocycles. The monoisotopic (exact) mass is 374 g/mol. The molecule has 0 aliphatic heterocycles. The molecule has 0 radical (unpaired) electrons. The number of nitrogens with one attached hydrogen (secondary N) is 2. The third-order valence-corrected chi connectivity index (χ3v) is 4.02. The van der Waals surface area contributed by atoms with E-state index in [0.29, 0.717) is 13.0 Å². The van der Waals surface area contributed by atoms with Crippen molar-refractivity contribution in [1.82, 2.24) is 10.6 Å². The van der Waals surface area contributed by atoms with Crippen molar-refractivity contribution >= 4 is 24.6 Å². The third kappa shape index (κ3) is 6.68. The molecule has 6 nitrogen and oxygen atoms in total. The van der Waals surface area contributed by atoms with E-state index in [1.807, 2.05) is 30.3 Å². The Morgan fingerprint density at radius 1 is 1.04 bits per heavy atom. The van der Waals surface area contributed by atoms with Crippen LogP contribution in [0.1, 0.15) is 11.1 Å². The van der Waals surface area contributed by atoms with Crippen LogP contribution in [0.3, 0.4) is 0 Å². The van der Waals surface area contributed by atoms with E-state index in [9.17, 15) is 14.7 Å². The summed E-state index contributed by atoms with van der Waals surface area (Å²) in [5.74, 6) is 0.0347. The molecule has 0 aliphatic rings. The summed E-state index contributed by atoms with van der Waals surface area (Å²) in [5.41, 5.74) is 1.85. The van der Waals surface area contributed by atoms with Crippen molar-refractivity contribution in [2.45, 2.75) is 19.1 Å². The number of alkyl carbamates (subject to hydrolysis) is 1. The van der Waals surface area contributed by atoms with Gasteiger partial charge in [-0.2, -0.15) is 12.6 Å². The molecular formula is C19H22N2O4S. The van der Waals surface area contributed by atoms with Gasteiger partial charge in [0.15, 0.2) is 0 Å². The molecule has 0 saturated carbocycles. The van der Waals surface area contributed by atoms with Crippen molar-refractivity contribution in [3.8, 4) is 5.75 Å². The number of benzene rings is 2. The molecule has 0 aromatic heterocycles. The summed E-state index contributed by atoms with van der Waals surface area (Å²) in [6.07, 6.45) is -0.0504. The van der Waals surface area contributed by atoms with Crippen LogP contribution in [-0.4, -0.2) is 35.4 Å². The Morgan fingerprint density at radius 3 is 2.38 bits per heavy atom. The predicted octanol–water partition coefficient (Wildman–Crippen LogP) is 2.28. The van der Waals surface area contributed by atoms with Gasteiger partial charge in [-0.05, 0) is 29.7 Å². The van der Waals surface area contributed by atoms with E-state index in [1.54, 1.807) is 24.3 Å². The summed E-state index contributed by atoms with van der Waals surface area (Å²) < 4.78 is 5.11. The van der Waals surface area contributed by atoms with Crippen molar-refractivity contribution in [1.29, 1.82) is 0 Å². The summed E-state index contributed by atoms with van der Waals surface area (Å²) >= 11 is 4.11. The van der Waals surface area contributed by atoms with Crippen LogP contribution in [0, 0.1) is 0 Å². The van der Waals surface area contributed by atoms with Gasteiger partial charge in [0, 0.05) is 12.3 Å². The minimum atomic E-state index is -0.776. The van der Waals surface area contributed by atoms with Crippen molar-refractivity contribution in [3.63, 3.8) is 0 Å². The fraction of sp³-hybridized carbons (Fsp3) is 0.263. The molecule has 0 unspecified atom stereocenters. The highest BCUT2D eigenvalue weighted by atomic mass is 32.1. The van der Waals surface area contributed by atoms with Crippen LogP contribution in [0.5, 0.6) is 5.75 Å². The number of carbonyl (C=O) groups is 2. The lowest BCUT2D eigenvalue weighted by Crippen LogP contribution is -2.48. The Hall–Kier alpha value is -2.67. The van der Waals surface area contributed by atoms with Gasteiger partial charge < -0.3 is 20.5 Å². The molecule has 138 valence electrons. The first-order chi connectivity index (χ1) is 12.6. The zero-order chi connectivity index (χ0) is 18.8. The SMILES string of the molecule is O=C(N[C@@H](CS)C(=O)NCCc1ccc(O)cc1)OCc1ccccc1. The van der Waals surface area contributed by atoms with Gasteiger partial charge in [-0.15, -0.1) is 0 Å². The average molecular weight is 374 g/mol. The van der Waals surface area contributed by atoms with Crippen LogP contribution >= 0.6 is 12.6 Å². The Kier molecular flexibility index (Phi) is 7.82. The highest BCUT2D eigenvalue weighted by Gasteiger charge is 2.19. The van der Waals surface area contributed by atoms with Crippen LogP contribution in [-0.2, 0) is 22.6 Å². The Morgan fingerprint density at radius 2 is 1.73 bits per heavy atom. The number of hydrogen-bond acceptors (Lipinski definition) is 5. The summed E-state index contributed by atoms with van der Waals surface area (Å²) in [7, 11) is 0. The van der Waals surface area contributed by atoms with E-state index in [-0.39, 0.29) is 24.0 Å². The van der Waals surface area contributed by atoms with Gasteiger partial charge in [0.05, 0.1) is 0 Å². The van der Waals surface area contributed by atoms with Crippen molar-refractivity contribution in [2.24, 2.45) is 0 Å². The smallest absolute Gasteiger partial charge is 0.408 e. The predicted molar refractivity (Wildman–Crippen MR) is 102 cm³/mol. The quantitative estimate of drug-likeness (QED) is 0.534. The number of thiol groups is 1. The lowest BCUT2D eigenvalue weighted by Gasteiger charge is -2.16. The molecule has 2 amide bonds. The van der Waals surface area contributed by atoms with Crippen molar-refractivity contribution in [2.75, 3.05) is 12.3 Å². The average Bonchev–Trinajstić information content (AvgIpc) is 2.66. The Bertz CT molecular complexity index is 707. The number of phenols is 1. The maximum absolute atomic E-state index is 12.2. The molecule has 26 heavy (non-hydrogen) atoms. The minimum Gasteiger partial charge on any atom is -0.508 e. The standard InChI is InChI=1S/C19H22N2O4S/c22-16-8-6-14(7-9-16)10-11-20-18(23)17(13-26)21-19(24)25-12-15-4-2-1-3-5-15/h1-9,17,22,26H,10-13H2,(H,20,23)(H,21,24)/t17-/m0/s1. The van der Waals surface area contributed by atoms with Gasteiger partial charge in [-0.3, -0.25) is 4.79 Å². The summed E-state index contributed by atoms with van der Waals surface area (Å²) in [4.78, 5) is 24.0. The van der Waals surface area contributed by atoms with E-state index in [4.69, 9.17) is 4.74 Å². The van der Waals surface area contributed by atoms with Gasteiger partial charge in [0.1, 0.15) is 18.4 Å². The largest absolute Gasteiger partial charge is 0.508 e. The second-order valence-corrected chi connectivity index (χ2v) is 6.01. The molecule has 0 bridgehead atoms. The van der Waals surface area contributed by atoms with E-state index >= 15 is 0 Å². The fourth-order valence-electron chi connectivity index (χ4n) is 2.22. The molecule has 2 aromatic carbocycles. The van der Waals surface area contributed by atoms with Crippen LogP contribution in [0.2, 0.25) is 0 Å². The lowest BCUT2D eigenvalue weighted by molar-refractivity contribution is -0.122. The molecule has 0 heterocycles. The number of hydrogen-bond donors (Lipinski definition) is 4. The number of amides is 2. The second-order valence-electron chi connectivity index (χ2n) is 5.65. The molecule has 3 N–H and O–H groups in total. The number of phenolic OH excluding ortho intramolecular Hbond substituents is 1. The second kappa shape index (κ2) is 10.4. The molecule has 7 heteroatoms. The molecule has 0 spiro atoms. The lowest BCUT2D eigenvalue weighted by atomic mass is 10.1. The van der Waals surface area contributed by atoms with Crippen LogP contribution in [0.25, 0.3) is 0 Å². The highest BCUT2D eigenvalue weighted by molar-refractivity contribution is 7.80. The molecule has 0 fully saturated rings. The van der Waals surface area contributed by atoms with E-state index in [2.05, 4.69) is 23.3 Å². The molecule has 2 aromatic rings. The van der Waals surface area contributed by atoms with Gasteiger partial charge in [-0.25, -0.2) is 4.79 Å². The third-order valence-electron chi connectivity index (χ3n) is 3.65. The topological polar surface area (TPSA) is 87.7 Å². The van der Waals surface area contributed by atoms with Gasteiger partial charge >= 0.3 is 6.09 Å². The Labute approximate surface area is 158 Å². The zero-order valence-electron chi connectivity index (χ0n) is 14.2. The number of carbonyl (C=O) groups excluding carboxylic acids is 2. The van der Waals surface area contributed by atoms with E-state index in [1.165, 1.54) is 0 Å². The van der Waals surface area contributed by atoms with E-state index < -0.39 is 12.1 Å². The first-order valence-electron chi connectivity index (χ1n) is 8.22. The zero-order valence-corrected chi connectivity index (χ0v) is 15.1. The molecular weight excluding hydrogens is 352 g/mol. The van der Waals surface area contributed by atoms with Crippen LogP contribution in [0.15, 0.2) is 54.6 Å². The van der Waals surface area contributed by atoms with E-state index in [0.717, 1.165) is 11.1 Å². The highest BCUT2D eigenvalue weighted by Crippen LogP contribution is 2.09. The van der Waals surface area contributed by atoms with Crippen molar-refractivity contribution < 1.29 is 19.4 Å². The molecule has 2 rings (SSSR count). The minimum absolute atomic E-state index is 0.133. The van der Waals surface area contributed by atoms with Gasteiger partial charge in [0.2, 0.25) is 5.91 Å². The maximum atomic E-state index is 12.2. The number of aromatic hydroxyl groups is 1. The molecule has 0 saturated heterocycles. The van der Waals surface area contributed by atoms with Crippen LogP contribution in [0.4, 0.5) is 4.79 Å². The first-order valence-corrected chi connectivity index (χ1v) is 8.85.